The van der Waals surface area contributed by atoms with Crippen molar-refractivity contribution in [2.75, 3.05) is 0 Å². The molecule has 0 unspecified atom stereocenters. The molecule has 0 saturated carbocycles. The van der Waals surface area contributed by atoms with Crippen LogP contribution in [0.5, 0.6) is 0 Å². The normalized spacial score (nSPS) is 10.8. The molecule has 0 heterocycles. The molecule has 0 amide bonds. The molecule has 0 nitrogen and oxygen atoms in total. The molecule has 0 aliphatic heterocycles. The first-order valence-corrected chi connectivity index (χ1v) is 5.69. The zero-order valence-electron chi connectivity index (χ0n) is 9.53. The molecular weight excluding hydrogens is 230 g/mol. The molecule has 0 saturated heterocycles. The summed E-state index contributed by atoms with van der Waals surface area (Å²) in [6.45, 7) is 0. The second kappa shape index (κ2) is 4.22. The van der Waals surface area contributed by atoms with E-state index in [1.165, 1.54) is 18.2 Å². The summed E-state index contributed by atoms with van der Waals surface area (Å²) >= 11 is 0. The van der Waals surface area contributed by atoms with Crippen molar-refractivity contribution >= 4 is 10.8 Å². The zero-order chi connectivity index (χ0) is 12.5. The molecule has 0 fully saturated rings. The monoisotopic (exact) mass is 240 g/mol. The Bertz CT molecular complexity index is 697. The topological polar surface area (TPSA) is 0 Å². The SMILES string of the molecule is Fc1cccc(F)c1-c1ccc2ccccc2c1. The summed E-state index contributed by atoms with van der Waals surface area (Å²) in [5.41, 5.74) is 0.590. The molecule has 0 aliphatic carbocycles. The molecule has 88 valence electrons. The Balaban J connectivity index is 2.26. The lowest BCUT2D eigenvalue weighted by molar-refractivity contribution is 0.589. The summed E-state index contributed by atoms with van der Waals surface area (Å²) in [6.07, 6.45) is 0. The molecule has 3 rings (SSSR count). The number of rotatable bonds is 1. The summed E-state index contributed by atoms with van der Waals surface area (Å²) in [6, 6.07) is 17.1. The number of hydrogen-bond donors (Lipinski definition) is 0. The van der Waals surface area contributed by atoms with Gasteiger partial charge in [0.1, 0.15) is 11.6 Å². The van der Waals surface area contributed by atoms with E-state index in [0.717, 1.165) is 10.8 Å². The van der Waals surface area contributed by atoms with Crippen LogP contribution in [0.2, 0.25) is 0 Å². The van der Waals surface area contributed by atoms with E-state index in [-0.39, 0.29) is 5.56 Å². The first-order chi connectivity index (χ1) is 8.75. The van der Waals surface area contributed by atoms with E-state index < -0.39 is 11.6 Å². The highest BCUT2D eigenvalue weighted by molar-refractivity contribution is 5.87. The second-order valence-corrected chi connectivity index (χ2v) is 4.16. The van der Waals surface area contributed by atoms with E-state index in [1.54, 1.807) is 12.1 Å². The van der Waals surface area contributed by atoms with Gasteiger partial charge in [0.05, 0.1) is 5.56 Å². The molecule has 0 aromatic heterocycles. The zero-order valence-corrected chi connectivity index (χ0v) is 9.53. The van der Waals surface area contributed by atoms with E-state index in [0.29, 0.717) is 5.56 Å². The predicted molar refractivity (Wildman–Crippen MR) is 69.3 cm³/mol. The van der Waals surface area contributed by atoms with Gasteiger partial charge >= 0.3 is 0 Å². The molecule has 0 radical (unpaired) electrons. The summed E-state index contributed by atoms with van der Waals surface area (Å²) in [7, 11) is 0. The molecule has 2 heteroatoms. The maximum atomic E-state index is 13.7. The van der Waals surface area contributed by atoms with Crippen LogP contribution in [0.1, 0.15) is 0 Å². The third-order valence-electron chi connectivity index (χ3n) is 3.00. The Hall–Kier alpha value is -2.22. The van der Waals surface area contributed by atoms with E-state index >= 15 is 0 Å². The van der Waals surface area contributed by atoms with Crippen LogP contribution in [-0.2, 0) is 0 Å². The molecule has 0 aliphatic rings. The van der Waals surface area contributed by atoms with Crippen molar-refractivity contribution < 1.29 is 8.78 Å². The fraction of sp³-hybridized carbons (Fsp3) is 0. The molecule has 3 aromatic rings. The predicted octanol–water partition coefficient (Wildman–Crippen LogP) is 4.79. The summed E-state index contributed by atoms with van der Waals surface area (Å²) in [5.74, 6) is -1.07. The molecule has 0 bridgehead atoms. The van der Waals surface area contributed by atoms with Crippen molar-refractivity contribution in [1.82, 2.24) is 0 Å². The van der Waals surface area contributed by atoms with E-state index in [2.05, 4.69) is 0 Å². The van der Waals surface area contributed by atoms with Gasteiger partial charge in [0.15, 0.2) is 0 Å². The molecule has 18 heavy (non-hydrogen) atoms. The highest BCUT2D eigenvalue weighted by atomic mass is 19.1. The first-order valence-electron chi connectivity index (χ1n) is 5.69. The van der Waals surface area contributed by atoms with Gasteiger partial charge in [0.2, 0.25) is 0 Å². The van der Waals surface area contributed by atoms with Crippen LogP contribution in [-0.4, -0.2) is 0 Å². The van der Waals surface area contributed by atoms with Crippen LogP contribution in [0.25, 0.3) is 21.9 Å². The van der Waals surface area contributed by atoms with Crippen molar-refractivity contribution in [3.8, 4) is 11.1 Å². The van der Waals surface area contributed by atoms with Gasteiger partial charge < -0.3 is 0 Å². The molecular formula is C16H10F2. The Kier molecular flexibility index (Phi) is 2.56. The van der Waals surface area contributed by atoms with Crippen molar-refractivity contribution in [3.63, 3.8) is 0 Å². The van der Waals surface area contributed by atoms with Gasteiger partial charge in [-0.2, -0.15) is 0 Å². The number of hydrogen-bond acceptors (Lipinski definition) is 0. The maximum absolute atomic E-state index is 13.7. The molecule has 0 N–H and O–H groups in total. The highest BCUT2D eigenvalue weighted by Crippen LogP contribution is 2.28. The van der Waals surface area contributed by atoms with Crippen molar-refractivity contribution in [2.45, 2.75) is 0 Å². The molecule has 0 spiro atoms. The first kappa shape index (κ1) is 10.9. The van der Waals surface area contributed by atoms with E-state index in [1.807, 2.05) is 30.3 Å². The average Bonchev–Trinajstić information content (AvgIpc) is 2.38. The van der Waals surface area contributed by atoms with Crippen LogP contribution >= 0.6 is 0 Å². The van der Waals surface area contributed by atoms with Gasteiger partial charge in [0.25, 0.3) is 0 Å². The van der Waals surface area contributed by atoms with Crippen LogP contribution < -0.4 is 0 Å². The Morgan fingerprint density at radius 2 is 1.28 bits per heavy atom. The summed E-state index contributed by atoms with van der Waals surface area (Å²) in [4.78, 5) is 0. The highest BCUT2D eigenvalue weighted by Gasteiger charge is 2.10. The summed E-state index contributed by atoms with van der Waals surface area (Å²) < 4.78 is 27.4. The standard InChI is InChI=1S/C16H10F2/c17-14-6-3-7-15(18)16(14)13-9-8-11-4-1-2-5-12(11)10-13/h1-10H. The number of benzene rings is 3. The Morgan fingerprint density at radius 3 is 2.00 bits per heavy atom. The lowest BCUT2D eigenvalue weighted by Gasteiger charge is -2.06. The van der Waals surface area contributed by atoms with Gasteiger partial charge in [0, 0.05) is 0 Å². The van der Waals surface area contributed by atoms with E-state index in [9.17, 15) is 8.78 Å². The smallest absolute Gasteiger partial charge is 0.133 e. The van der Waals surface area contributed by atoms with Gasteiger partial charge in [-0.25, -0.2) is 8.78 Å². The Labute approximate surface area is 104 Å². The van der Waals surface area contributed by atoms with Gasteiger partial charge in [-0.3, -0.25) is 0 Å². The molecule has 0 atom stereocenters. The molecule has 3 aromatic carbocycles. The minimum Gasteiger partial charge on any atom is -0.206 e. The number of fused-ring (bicyclic) bond motifs is 1. The second-order valence-electron chi connectivity index (χ2n) is 4.16. The van der Waals surface area contributed by atoms with Crippen molar-refractivity contribution in [3.05, 3.63) is 72.3 Å². The number of halogens is 2. The Morgan fingerprint density at radius 1 is 0.611 bits per heavy atom. The van der Waals surface area contributed by atoms with Crippen LogP contribution in [0.4, 0.5) is 8.78 Å². The van der Waals surface area contributed by atoms with Crippen LogP contribution in [0.3, 0.4) is 0 Å². The fourth-order valence-corrected chi connectivity index (χ4v) is 2.12. The lowest BCUT2D eigenvalue weighted by atomic mass is 10.0. The summed E-state index contributed by atoms with van der Waals surface area (Å²) in [5, 5.41) is 2.02. The van der Waals surface area contributed by atoms with Gasteiger partial charge in [-0.15, -0.1) is 0 Å². The average molecular weight is 240 g/mol. The van der Waals surface area contributed by atoms with Crippen molar-refractivity contribution in [1.29, 1.82) is 0 Å². The maximum Gasteiger partial charge on any atom is 0.133 e. The third-order valence-corrected chi connectivity index (χ3v) is 3.00. The van der Waals surface area contributed by atoms with Crippen molar-refractivity contribution in [2.24, 2.45) is 0 Å². The van der Waals surface area contributed by atoms with Gasteiger partial charge in [-0.05, 0) is 34.5 Å². The minimum absolute atomic E-state index is 0.0308. The van der Waals surface area contributed by atoms with Crippen LogP contribution in [0, 0.1) is 11.6 Å². The quantitative estimate of drug-likeness (QED) is 0.574. The fourth-order valence-electron chi connectivity index (χ4n) is 2.12. The van der Waals surface area contributed by atoms with E-state index in [4.69, 9.17) is 0 Å². The largest absolute Gasteiger partial charge is 0.206 e. The minimum atomic E-state index is -0.537. The van der Waals surface area contributed by atoms with Crippen LogP contribution in [0.15, 0.2) is 60.7 Å². The van der Waals surface area contributed by atoms with Gasteiger partial charge in [-0.1, -0.05) is 42.5 Å². The lowest BCUT2D eigenvalue weighted by Crippen LogP contribution is -1.89. The third kappa shape index (κ3) is 1.76.